The van der Waals surface area contributed by atoms with Gasteiger partial charge in [0.1, 0.15) is 6.26 Å². The van der Waals surface area contributed by atoms with Crippen LogP contribution in [-0.4, -0.2) is 23.9 Å². The van der Waals surface area contributed by atoms with Gasteiger partial charge < -0.3 is 9.32 Å². The smallest absolute Gasteiger partial charge is 0.257 e. The molecule has 0 aliphatic carbocycles. The molecular formula is C11H13NO2. The molecule has 3 heteroatoms. The first-order valence-electron chi connectivity index (χ1n) is 4.54. The van der Waals surface area contributed by atoms with Gasteiger partial charge in [0.15, 0.2) is 0 Å². The van der Waals surface area contributed by atoms with Crippen LogP contribution in [0.5, 0.6) is 0 Å². The molecule has 0 saturated heterocycles. The van der Waals surface area contributed by atoms with E-state index in [1.165, 1.54) is 12.5 Å². The average Bonchev–Trinajstić information content (AvgIpc) is 2.69. The average molecular weight is 191 g/mol. The molecule has 14 heavy (non-hydrogen) atoms. The summed E-state index contributed by atoms with van der Waals surface area (Å²) in [7, 11) is 0. The number of hydrogen-bond acceptors (Lipinski definition) is 2. The summed E-state index contributed by atoms with van der Waals surface area (Å²) in [6.45, 7) is 3.03. The van der Waals surface area contributed by atoms with Gasteiger partial charge in [-0.05, 0) is 12.5 Å². The summed E-state index contributed by atoms with van der Waals surface area (Å²) in [6.07, 6.45) is 8.99. The van der Waals surface area contributed by atoms with Gasteiger partial charge in [0.2, 0.25) is 0 Å². The molecule has 0 atom stereocenters. The van der Waals surface area contributed by atoms with Crippen molar-refractivity contribution in [2.75, 3.05) is 13.1 Å². The van der Waals surface area contributed by atoms with Crippen molar-refractivity contribution in [3.8, 4) is 12.3 Å². The minimum absolute atomic E-state index is 0.0708. The molecule has 1 aromatic heterocycles. The fraction of sp³-hybridized carbons (Fsp3) is 0.364. The second-order valence-electron chi connectivity index (χ2n) is 2.94. The van der Waals surface area contributed by atoms with E-state index in [0.29, 0.717) is 18.7 Å². The predicted octanol–water partition coefficient (Wildman–Crippen LogP) is 1.77. The Labute approximate surface area is 83.7 Å². The molecule has 0 aliphatic rings. The highest BCUT2D eigenvalue weighted by Gasteiger charge is 2.14. The van der Waals surface area contributed by atoms with Crippen LogP contribution in [0.2, 0.25) is 0 Å². The molecule has 0 bridgehead atoms. The van der Waals surface area contributed by atoms with Crippen LogP contribution in [0.25, 0.3) is 0 Å². The number of nitrogens with zero attached hydrogens (tertiary/aromatic N) is 1. The Bertz CT molecular complexity index is 322. The molecule has 1 rings (SSSR count). The van der Waals surface area contributed by atoms with E-state index >= 15 is 0 Å². The molecule has 1 heterocycles. The van der Waals surface area contributed by atoms with Gasteiger partial charge in [0.25, 0.3) is 5.91 Å². The van der Waals surface area contributed by atoms with Crippen molar-refractivity contribution >= 4 is 5.91 Å². The molecule has 1 amide bonds. The summed E-state index contributed by atoms with van der Waals surface area (Å²) in [5.41, 5.74) is 0.550. The zero-order valence-corrected chi connectivity index (χ0v) is 8.19. The minimum atomic E-state index is -0.0708. The molecule has 0 radical (unpaired) electrons. The summed E-state index contributed by atoms with van der Waals surface area (Å²) < 4.78 is 4.84. The van der Waals surface area contributed by atoms with E-state index in [-0.39, 0.29) is 5.91 Å². The normalized spacial score (nSPS) is 9.43. The summed E-state index contributed by atoms with van der Waals surface area (Å²) in [5.74, 6) is 2.40. The quantitative estimate of drug-likeness (QED) is 0.679. The molecule has 0 aromatic carbocycles. The van der Waals surface area contributed by atoms with E-state index in [9.17, 15) is 4.79 Å². The lowest BCUT2D eigenvalue weighted by molar-refractivity contribution is 0.0776. The molecule has 3 nitrogen and oxygen atoms in total. The first kappa shape index (κ1) is 10.4. The SMILES string of the molecule is C#CCN(CCC)C(=O)c1ccoc1. The Morgan fingerprint density at radius 2 is 2.50 bits per heavy atom. The van der Waals surface area contributed by atoms with Crippen LogP contribution < -0.4 is 0 Å². The van der Waals surface area contributed by atoms with E-state index in [4.69, 9.17) is 10.8 Å². The van der Waals surface area contributed by atoms with Crippen molar-refractivity contribution in [1.29, 1.82) is 0 Å². The maximum Gasteiger partial charge on any atom is 0.257 e. The second kappa shape index (κ2) is 5.13. The zero-order valence-electron chi connectivity index (χ0n) is 8.19. The van der Waals surface area contributed by atoms with E-state index in [1.54, 1.807) is 11.0 Å². The molecule has 1 aromatic rings. The number of terminal acetylenes is 1. The van der Waals surface area contributed by atoms with Gasteiger partial charge >= 0.3 is 0 Å². The van der Waals surface area contributed by atoms with Crippen LogP contribution in [0.3, 0.4) is 0 Å². The van der Waals surface area contributed by atoms with E-state index in [1.807, 2.05) is 6.92 Å². The number of hydrogen-bond donors (Lipinski definition) is 0. The van der Waals surface area contributed by atoms with Gasteiger partial charge in [0, 0.05) is 6.54 Å². The lowest BCUT2D eigenvalue weighted by Crippen LogP contribution is -2.31. The number of carbonyl (C=O) groups excluding carboxylic acids is 1. The van der Waals surface area contributed by atoms with Gasteiger partial charge in [-0.1, -0.05) is 12.8 Å². The van der Waals surface area contributed by atoms with Crippen LogP contribution in [0.1, 0.15) is 23.7 Å². The van der Waals surface area contributed by atoms with Crippen LogP contribution in [-0.2, 0) is 0 Å². The highest BCUT2D eigenvalue weighted by molar-refractivity contribution is 5.93. The van der Waals surface area contributed by atoms with Crippen LogP contribution in [0.15, 0.2) is 23.0 Å². The topological polar surface area (TPSA) is 33.5 Å². The summed E-state index contributed by atoms with van der Waals surface area (Å²) in [6, 6.07) is 1.64. The van der Waals surface area contributed by atoms with Crippen molar-refractivity contribution in [3.63, 3.8) is 0 Å². The maximum atomic E-state index is 11.8. The Kier molecular flexibility index (Phi) is 3.81. The summed E-state index contributed by atoms with van der Waals surface area (Å²) in [5, 5.41) is 0. The van der Waals surface area contributed by atoms with Crippen LogP contribution in [0.4, 0.5) is 0 Å². The third kappa shape index (κ3) is 2.40. The van der Waals surface area contributed by atoms with Gasteiger partial charge in [-0.2, -0.15) is 0 Å². The van der Waals surface area contributed by atoms with E-state index in [2.05, 4.69) is 5.92 Å². The number of amides is 1. The molecule has 0 N–H and O–H groups in total. The second-order valence-corrected chi connectivity index (χ2v) is 2.94. The summed E-state index contributed by atoms with van der Waals surface area (Å²) >= 11 is 0. The zero-order chi connectivity index (χ0) is 10.4. The third-order valence-electron chi connectivity index (χ3n) is 1.83. The highest BCUT2D eigenvalue weighted by Crippen LogP contribution is 2.05. The first-order valence-corrected chi connectivity index (χ1v) is 4.54. The standard InChI is InChI=1S/C11H13NO2/c1-3-6-12(7-4-2)11(13)10-5-8-14-9-10/h1,5,8-9H,4,6-7H2,2H3. The third-order valence-corrected chi connectivity index (χ3v) is 1.83. The Morgan fingerprint density at radius 1 is 1.71 bits per heavy atom. The Hall–Kier alpha value is -1.69. The predicted molar refractivity (Wildman–Crippen MR) is 53.7 cm³/mol. The molecule has 0 fully saturated rings. The number of furan rings is 1. The van der Waals surface area contributed by atoms with Crippen molar-refractivity contribution in [2.45, 2.75) is 13.3 Å². The largest absolute Gasteiger partial charge is 0.472 e. The van der Waals surface area contributed by atoms with E-state index < -0.39 is 0 Å². The van der Waals surface area contributed by atoms with Crippen LogP contribution >= 0.6 is 0 Å². The molecular weight excluding hydrogens is 178 g/mol. The fourth-order valence-corrected chi connectivity index (χ4v) is 1.20. The maximum absolute atomic E-state index is 11.8. The highest BCUT2D eigenvalue weighted by atomic mass is 16.3. The molecule has 0 unspecified atom stereocenters. The lowest BCUT2D eigenvalue weighted by Gasteiger charge is -2.18. The Balaban J connectivity index is 2.69. The molecule has 0 saturated carbocycles. The van der Waals surface area contributed by atoms with Gasteiger partial charge in [0.05, 0.1) is 18.4 Å². The molecule has 74 valence electrons. The van der Waals surface area contributed by atoms with Gasteiger partial charge in [-0.3, -0.25) is 4.79 Å². The monoisotopic (exact) mass is 191 g/mol. The van der Waals surface area contributed by atoms with Crippen molar-refractivity contribution in [3.05, 3.63) is 24.2 Å². The van der Waals surface area contributed by atoms with Crippen LogP contribution in [0, 0.1) is 12.3 Å². The van der Waals surface area contributed by atoms with Gasteiger partial charge in [-0.15, -0.1) is 6.42 Å². The number of rotatable bonds is 4. The van der Waals surface area contributed by atoms with Crippen molar-refractivity contribution in [2.24, 2.45) is 0 Å². The van der Waals surface area contributed by atoms with Crippen molar-refractivity contribution in [1.82, 2.24) is 4.90 Å². The summed E-state index contributed by atoms with van der Waals surface area (Å²) in [4.78, 5) is 13.4. The van der Waals surface area contributed by atoms with Crippen molar-refractivity contribution < 1.29 is 9.21 Å². The Morgan fingerprint density at radius 3 is 3.00 bits per heavy atom. The van der Waals surface area contributed by atoms with E-state index in [0.717, 1.165) is 6.42 Å². The number of carbonyl (C=O) groups is 1. The minimum Gasteiger partial charge on any atom is -0.472 e. The van der Waals surface area contributed by atoms with Gasteiger partial charge in [-0.25, -0.2) is 0 Å². The fourth-order valence-electron chi connectivity index (χ4n) is 1.20. The molecule has 0 aliphatic heterocycles. The molecule has 0 spiro atoms. The lowest BCUT2D eigenvalue weighted by atomic mass is 10.3. The first-order chi connectivity index (χ1) is 6.79.